The Kier molecular flexibility index (Phi) is 4.32. The van der Waals surface area contributed by atoms with Crippen molar-refractivity contribution in [3.8, 4) is 0 Å². The third kappa shape index (κ3) is 3.44. The Bertz CT molecular complexity index is 697. The lowest BCUT2D eigenvalue weighted by Crippen LogP contribution is -2.49. The van der Waals surface area contributed by atoms with Crippen LogP contribution in [-0.2, 0) is 6.18 Å². The first-order valence-corrected chi connectivity index (χ1v) is 7.28. The number of carbonyl (C=O) groups excluding carboxylic acids is 1. The van der Waals surface area contributed by atoms with E-state index in [1.807, 2.05) is 4.90 Å². The van der Waals surface area contributed by atoms with Gasteiger partial charge in [0.1, 0.15) is 11.5 Å². The van der Waals surface area contributed by atoms with Crippen molar-refractivity contribution in [1.29, 1.82) is 0 Å². The van der Waals surface area contributed by atoms with Crippen molar-refractivity contribution in [2.45, 2.75) is 6.18 Å². The second-order valence-corrected chi connectivity index (χ2v) is 5.27. The highest BCUT2D eigenvalue weighted by atomic mass is 19.4. The van der Waals surface area contributed by atoms with Gasteiger partial charge in [0.25, 0.3) is 5.91 Å². The highest BCUT2D eigenvalue weighted by molar-refractivity contribution is 5.92. The largest absolute Gasteiger partial charge is 0.417 e. The molecule has 1 fully saturated rings. The van der Waals surface area contributed by atoms with Gasteiger partial charge in [-0.25, -0.2) is 9.97 Å². The van der Waals surface area contributed by atoms with Crippen molar-refractivity contribution in [3.63, 3.8) is 0 Å². The van der Waals surface area contributed by atoms with Crippen LogP contribution in [0.3, 0.4) is 0 Å². The number of halogens is 3. The van der Waals surface area contributed by atoms with Crippen LogP contribution in [0.25, 0.3) is 0 Å². The van der Waals surface area contributed by atoms with Gasteiger partial charge in [-0.1, -0.05) is 0 Å². The Hall–Kier alpha value is -2.71. The number of aromatic nitrogens is 3. The van der Waals surface area contributed by atoms with Gasteiger partial charge in [-0.2, -0.15) is 13.2 Å². The number of hydrogen-bond acceptors (Lipinski definition) is 5. The summed E-state index contributed by atoms with van der Waals surface area (Å²) in [6.07, 6.45) is 0.784. The second kappa shape index (κ2) is 6.42. The Morgan fingerprint density at radius 3 is 2.29 bits per heavy atom. The maximum absolute atomic E-state index is 12.6. The molecule has 3 heterocycles. The van der Waals surface area contributed by atoms with Crippen LogP contribution in [0.5, 0.6) is 0 Å². The number of nitrogens with zero attached hydrogens (tertiary/aromatic N) is 5. The first kappa shape index (κ1) is 16.2. The first-order chi connectivity index (χ1) is 11.4. The molecule has 0 unspecified atom stereocenters. The molecule has 2 aromatic heterocycles. The molecular weight excluding hydrogens is 323 g/mol. The molecule has 0 atom stereocenters. The van der Waals surface area contributed by atoms with Gasteiger partial charge in [0.05, 0.1) is 11.8 Å². The number of amides is 1. The molecule has 0 aromatic carbocycles. The maximum atomic E-state index is 12.6. The van der Waals surface area contributed by atoms with Crippen LogP contribution >= 0.6 is 0 Å². The number of rotatable bonds is 2. The average Bonchev–Trinajstić information content (AvgIpc) is 2.61. The lowest BCUT2D eigenvalue weighted by molar-refractivity contribution is -0.137. The summed E-state index contributed by atoms with van der Waals surface area (Å²) < 4.78 is 37.7. The van der Waals surface area contributed by atoms with Gasteiger partial charge in [0.2, 0.25) is 0 Å². The fraction of sp³-hybridized carbons (Fsp3) is 0.333. The fourth-order valence-corrected chi connectivity index (χ4v) is 2.45. The van der Waals surface area contributed by atoms with Crippen molar-refractivity contribution in [2.24, 2.45) is 0 Å². The molecule has 1 saturated heterocycles. The zero-order chi connectivity index (χ0) is 17.2. The number of pyridine rings is 1. The molecule has 1 aliphatic heterocycles. The smallest absolute Gasteiger partial charge is 0.353 e. The summed E-state index contributed by atoms with van der Waals surface area (Å²) in [7, 11) is 0. The summed E-state index contributed by atoms with van der Waals surface area (Å²) in [5.74, 6) is 0.262. The third-order valence-electron chi connectivity index (χ3n) is 3.75. The van der Waals surface area contributed by atoms with E-state index >= 15 is 0 Å². The highest BCUT2D eigenvalue weighted by Crippen LogP contribution is 2.29. The Labute approximate surface area is 136 Å². The predicted molar refractivity (Wildman–Crippen MR) is 79.4 cm³/mol. The molecule has 9 heteroatoms. The van der Waals surface area contributed by atoms with E-state index in [1.54, 1.807) is 4.90 Å². The van der Waals surface area contributed by atoms with Gasteiger partial charge >= 0.3 is 6.18 Å². The zero-order valence-electron chi connectivity index (χ0n) is 12.6. The van der Waals surface area contributed by atoms with Crippen LogP contribution in [0, 0.1) is 0 Å². The van der Waals surface area contributed by atoms with Gasteiger partial charge in [0.15, 0.2) is 0 Å². The van der Waals surface area contributed by atoms with E-state index in [4.69, 9.17) is 0 Å². The molecular formula is C15H14F3N5O. The summed E-state index contributed by atoms with van der Waals surface area (Å²) in [5, 5.41) is 0. The SMILES string of the molecule is O=C(c1cnccn1)N1CCN(c2ccc(C(F)(F)F)cn2)CC1. The minimum Gasteiger partial charge on any atom is -0.353 e. The van der Waals surface area contributed by atoms with Crippen molar-refractivity contribution >= 4 is 11.7 Å². The van der Waals surface area contributed by atoms with Crippen LogP contribution in [0.2, 0.25) is 0 Å². The Morgan fingerprint density at radius 2 is 1.75 bits per heavy atom. The first-order valence-electron chi connectivity index (χ1n) is 7.28. The molecule has 0 bridgehead atoms. The van der Waals surface area contributed by atoms with Crippen molar-refractivity contribution in [2.75, 3.05) is 31.1 Å². The van der Waals surface area contributed by atoms with Crippen LogP contribution in [0.4, 0.5) is 19.0 Å². The topological polar surface area (TPSA) is 62.2 Å². The van der Waals surface area contributed by atoms with E-state index in [9.17, 15) is 18.0 Å². The molecule has 24 heavy (non-hydrogen) atoms. The summed E-state index contributed by atoms with van der Waals surface area (Å²) in [6, 6.07) is 2.36. The Balaban J connectivity index is 1.62. The third-order valence-corrected chi connectivity index (χ3v) is 3.75. The summed E-state index contributed by atoms with van der Waals surface area (Å²) in [6.45, 7) is 1.87. The number of alkyl halides is 3. The van der Waals surface area contributed by atoms with Crippen molar-refractivity contribution in [3.05, 3.63) is 48.2 Å². The van der Waals surface area contributed by atoms with Crippen LogP contribution < -0.4 is 4.90 Å². The Morgan fingerprint density at radius 1 is 1.00 bits per heavy atom. The predicted octanol–water partition coefficient (Wildman–Crippen LogP) is 1.85. The van der Waals surface area contributed by atoms with E-state index in [0.717, 1.165) is 12.3 Å². The second-order valence-electron chi connectivity index (χ2n) is 5.27. The lowest BCUT2D eigenvalue weighted by Gasteiger charge is -2.35. The molecule has 1 amide bonds. The molecule has 0 radical (unpaired) electrons. The number of piperazine rings is 1. The lowest BCUT2D eigenvalue weighted by atomic mass is 10.2. The van der Waals surface area contributed by atoms with Crippen LogP contribution in [0.15, 0.2) is 36.9 Å². The minimum atomic E-state index is -4.40. The monoisotopic (exact) mass is 337 g/mol. The average molecular weight is 337 g/mol. The minimum absolute atomic E-state index is 0.205. The van der Waals surface area contributed by atoms with E-state index in [-0.39, 0.29) is 11.6 Å². The van der Waals surface area contributed by atoms with Gasteiger partial charge in [-0.3, -0.25) is 9.78 Å². The van der Waals surface area contributed by atoms with Gasteiger partial charge < -0.3 is 9.80 Å². The summed E-state index contributed by atoms with van der Waals surface area (Å²) in [5.41, 5.74) is -0.499. The molecule has 2 aromatic rings. The van der Waals surface area contributed by atoms with E-state index in [2.05, 4.69) is 15.0 Å². The summed E-state index contributed by atoms with van der Waals surface area (Å²) >= 11 is 0. The van der Waals surface area contributed by atoms with E-state index < -0.39 is 11.7 Å². The van der Waals surface area contributed by atoms with Crippen molar-refractivity contribution in [1.82, 2.24) is 19.9 Å². The quantitative estimate of drug-likeness (QED) is 0.837. The maximum Gasteiger partial charge on any atom is 0.417 e. The summed E-state index contributed by atoms with van der Waals surface area (Å²) in [4.78, 5) is 27.5. The standard InChI is InChI=1S/C15H14F3N5O/c16-15(17,18)11-1-2-13(21-9-11)22-5-7-23(8-6-22)14(24)12-10-19-3-4-20-12/h1-4,9-10H,5-8H2. The number of anilines is 1. The normalized spacial score (nSPS) is 15.5. The molecule has 0 aliphatic carbocycles. The molecule has 6 nitrogen and oxygen atoms in total. The molecule has 0 spiro atoms. The van der Waals surface area contributed by atoms with Crippen LogP contribution in [-0.4, -0.2) is 51.9 Å². The van der Waals surface area contributed by atoms with Gasteiger partial charge in [0, 0.05) is 44.8 Å². The number of hydrogen-bond donors (Lipinski definition) is 0. The molecule has 0 N–H and O–H groups in total. The molecule has 0 saturated carbocycles. The molecule has 126 valence electrons. The molecule has 3 rings (SSSR count). The van der Waals surface area contributed by atoms with Gasteiger partial charge in [-0.15, -0.1) is 0 Å². The highest BCUT2D eigenvalue weighted by Gasteiger charge is 2.31. The fourth-order valence-electron chi connectivity index (χ4n) is 2.45. The van der Waals surface area contributed by atoms with Crippen molar-refractivity contribution < 1.29 is 18.0 Å². The van der Waals surface area contributed by atoms with Crippen LogP contribution in [0.1, 0.15) is 16.1 Å². The van der Waals surface area contributed by atoms with Gasteiger partial charge in [-0.05, 0) is 12.1 Å². The van der Waals surface area contributed by atoms with E-state index in [1.165, 1.54) is 24.7 Å². The molecule has 1 aliphatic rings. The number of carbonyl (C=O) groups is 1. The van der Waals surface area contributed by atoms with E-state index in [0.29, 0.717) is 32.0 Å². The zero-order valence-corrected chi connectivity index (χ0v) is 12.6.